The van der Waals surface area contributed by atoms with Crippen LogP contribution in [0.1, 0.15) is 0 Å². The smallest absolute Gasteiger partial charge is 0.238 e. The van der Waals surface area contributed by atoms with Gasteiger partial charge in [0.15, 0.2) is 11.6 Å². The molecule has 0 spiro atoms. The molecule has 5 nitrogen and oxygen atoms in total. The molecular formula is C51H30N4O. The molecule has 0 aliphatic rings. The van der Waals surface area contributed by atoms with Gasteiger partial charge in [0.1, 0.15) is 11.2 Å². The Morgan fingerprint density at radius 3 is 1.68 bits per heavy atom. The van der Waals surface area contributed by atoms with E-state index < -0.39 is 0 Å². The molecule has 0 aliphatic carbocycles. The van der Waals surface area contributed by atoms with Crippen molar-refractivity contribution in [2.45, 2.75) is 0 Å². The third kappa shape index (κ3) is 4.71. The Balaban J connectivity index is 1.19. The molecule has 3 heterocycles. The summed E-state index contributed by atoms with van der Waals surface area (Å²) in [5.74, 6) is 1.79. The van der Waals surface area contributed by atoms with Crippen LogP contribution in [-0.2, 0) is 0 Å². The van der Waals surface area contributed by atoms with Gasteiger partial charge >= 0.3 is 0 Å². The molecular weight excluding hydrogens is 685 g/mol. The predicted octanol–water partition coefficient (Wildman–Crippen LogP) is 13.3. The van der Waals surface area contributed by atoms with E-state index in [-0.39, 0.29) is 0 Å². The third-order valence-corrected chi connectivity index (χ3v) is 11.2. The van der Waals surface area contributed by atoms with Gasteiger partial charge in [-0.15, -0.1) is 0 Å². The highest BCUT2D eigenvalue weighted by Gasteiger charge is 2.22. The average molecular weight is 715 g/mol. The summed E-state index contributed by atoms with van der Waals surface area (Å²) in [4.78, 5) is 15.9. The Hall–Kier alpha value is -7.63. The van der Waals surface area contributed by atoms with E-state index in [0.29, 0.717) is 17.6 Å². The molecule has 0 aliphatic heterocycles. The predicted molar refractivity (Wildman–Crippen MR) is 230 cm³/mol. The lowest BCUT2D eigenvalue weighted by Crippen LogP contribution is -2.07. The van der Waals surface area contributed by atoms with Crippen molar-refractivity contribution in [1.82, 2.24) is 19.5 Å². The fourth-order valence-corrected chi connectivity index (χ4v) is 8.55. The van der Waals surface area contributed by atoms with Crippen molar-refractivity contribution in [3.8, 4) is 39.9 Å². The molecule has 56 heavy (non-hydrogen) atoms. The zero-order chi connectivity index (χ0) is 36.7. The van der Waals surface area contributed by atoms with E-state index in [0.717, 1.165) is 76.8 Å². The average Bonchev–Trinajstić information content (AvgIpc) is 3.82. The number of fused-ring (bicyclic) bond motifs is 10. The summed E-state index contributed by atoms with van der Waals surface area (Å²) < 4.78 is 8.50. The van der Waals surface area contributed by atoms with Crippen LogP contribution >= 0.6 is 0 Å². The molecule has 0 N–H and O–H groups in total. The van der Waals surface area contributed by atoms with Crippen molar-refractivity contribution in [2.75, 3.05) is 0 Å². The largest absolute Gasteiger partial charge is 0.456 e. The van der Waals surface area contributed by atoms with Crippen LogP contribution in [-0.4, -0.2) is 19.5 Å². The summed E-state index contributed by atoms with van der Waals surface area (Å²) in [6, 6.07) is 64.0. The first kappa shape index (κ1) is 30.8. The zero-order valence-corrected chi connectivity index (χ0v) is 30.0. The first-order valence-corrected chi connectivity index (χ1v) is 18.8. The fourth-order valence-electron chi connectivity index (χ4n) is 8.55. The van der Waals surface area contributed by atoms with Gasteiger partial charge in [0, 0.05) is 38.2 Å². The van der Waals surface area contributed by atoms with Gasteiger partial charge in [-0.3, -0.25) is 4.57 Å². The molecule has 260 valence electrons. The molecule has 0 radical (unpaired) electrons. The first-order chi connectivity index (χ1) is 27.7. The number of benzene rings is 9. The second kappa shape index (κ2) is 11.9. The standard InChI is InChI=1S/C51H30N4O/c1-3-13-34-28-37(22-20-31(34)10-1)49-52-50(38-23-21-32-11-2-4-14-35(32)29-38)54-51(53-49)55-44-26-24-33-12-5-6-15-39(33)47(44)42-18-9-17-40(48(42)55)36-25-27-46-43(30-36)41-16-7-8-19-45(41)56-46/h1-30H. The third-order valence-electron chi connectivity index (χ3n) is 11.2. The van der Waals surface area contributed by atoms with Crippen LogP contribution in [0.2, 0.25) is 0 Å². The van der Waals surface area contributed by atoms with E-state index >= 15 is 0 Å². The molecule has 12 rings (SSSR count). The van der Waals surface area contributed by atoms with Gasteiger partial charge < -0.3 is 4.42 Å². The van der Waals surface area contributed by atoms with Crippen LogP contribution in [0.5, 0.6) is 0 Å². The summed E-state index contributed by atoms with van der Waals surface area (Å²) in [5.41, 5.74) is 7.83. The molecule has 0 saturated heterocycles. The number of furan rings is 1. The summed E-state index contributed by atoms with van der Waals surface area (Å²) in [6.45, 7) is 0. The van der Waals surface area contributed by atoms with Gasteiger partial charge in [0.05, 0.1) is 11.0 Å². The molecule has 0 saturated carbocycles. The highest BCUT2D eigenvalue weighted by molar-refractivity contribution is 6.23. The highest BCUT2D eigenvalue weighted by Crippen LogP contribution is 2.42. The number of hydrogen-bond acceptors (Lipinski definition) is 4. The number of hydrogen-bond donors (Lipinski definition) is 0. The van der Waals surface area contributed by atoms with Crippen LogP contribution in [0.3, 0.4) is 0 Å². The monoisotopic (exact) mass is 714 g/mol. The summed E-state index contributed by atoms with van der Waals surface area (Å²) >= 11 is 0. The number of nitrogens with zero attached hydrogens (tertiary/aromatic N) is 4. The molecule has 0 amide bonds. The Bertz CT molecular complexity index is 3460. The fraction of sp³-hybridized carbons (Fsp3) is 0. The quantitative estimate of drug-likeness (QED) is 0.182. The van der Waals surface area contributed by atoms with Gasteiger partial charge in [-0.25, -0.2) is 4.98 Å². The second-order valence-corrected chi connectivity index (χ2v) is 14.4. The van der Waals surface area contributed by atoms with Crippen molar-refractivity contribution in [1.29, 1.82) is 0 Å². The zero-order valence-electron chi connectivity index (χ0n) is 30.0. The van der Waals surface area contributed by atoms with Gasteiger partial charge in [-0.1, -0.05) is 146 Å². The van der Waals surface area contributed by atoms with Gasteiger partial charge in [0.25, 0.3) is 0 Å². The van der Waals surface area contributed by atoms with E-state index in [1.807, 2.05) is 12.1 Å². The SMILES string of the molecule is c1ccc2cc(-c3nc(-c4ccc5ccccc5c4)nc(-n4c5ccc6ccccc6c5c5cccc(-c6ccc7oc8ccccc8c7c6)c54)n3)ccc2c1. The Morgan fingerprint density at radius 2 is 0.946 bits per heavy atom. The van der Waals surface area contributed by atoms with Crippen LogP contribution in [0, 0.1) is 0 Å². The molecule has 3 aromatic heterocycles. The van der Waals surface area contributed by atoms with E-state index in [1.54, 1.807) is 0 Å². The van der Waals surface area contributed by atoms with Crippen molar-refractivity contribution in [3.05, 3.63) is 182 Å². The Labute approximate surface area is 320 Å². The van der Waals surface area contributed by atoms with E-state index in [9.17, 15) is 0 Å². The summed E-state index contributed by atoms with van der Waals surface area (Å²) in [6.07, 6.45) is 0. The van der Waals surface area contributed by atoms with Crippen LogP contribution in [0.15, 0.2) is 186 Å². The minimum absolute atomic E-state index is 0.559. The number of aromatic nitrogens is 4. The minimum atomic E-state index is 0.559. The van der Waals surface area contributed by atoms with Crippen molar-refractivity contribution in [2.24, 2.45) is 0 Å². The first-order valence-electron chi connectivity index (χ1n) is 18.8. The van der Waals surface area contributed by atoms with Crippen molar-refractivity contribution >= 4 is 76.1 Å². The van der Waals surface area contributed by atoms with Gasteiger partial charge in [-0.2, -0.15) is 9.97 Å². The topological polar surface area (TPSA) is 56.7 Å². The Kier molecular flexibility index (Phi) is 6.56. The lowest BCUT2D eigenvalue weighted by atomic mass is 9.98. The van der Waals surface area contributed by atoms with Crippen molar-refractivity contribution in [3.63, 3.8) is 0 Å². The molecule has 0 atom stereocenters. The van der Waals surface area contributed by atoms with Gasteiger partial charge in [0.2, 0.25) is 5.95 Å². The van der Waals surface area contributed by atoms with E-state index in [4.69, 9.17) is 19.4 Å². The maximum atomic E-state index is 6.25. The molecule has 5 heteroatoms. The minimum Gasteiger partial charge on any atom is -0.456 e. The van der Waals surface area contributed by atoms with E-state index in [2.05, 4.69) is 174 Å². The normalized spacial score (nSPS) is 11.9. The molecule has 0 unspecified atom stereocenters. The van der Waals surface area contributed by atoms with Crippen molar-refractivity contribution < 1.29 is 4.42 Å². The lowest BCUT2D eigenvalue weighted by Gasteiger charge is -2.13. The van der Waals surface area contributed by atoms with Crippen LogP contribution < -0.4 is 0 Å². The van der Waals surface area contributed by atoms with Gasteiger partial charge in [-0.05, 0) is 74.3 Å². The molecule has 9 aromatic carbocycles. The molecule has 12 aromatic rings. The van der Waals surface area contributed by atoms with E-state index in [1.165, 1.54) is 21.5 Å². The number of rotatable bonds is 4. The van der Waals surface area contributed by atoms with Crippen LogP contribution in [0.25, 0.3) is 116 Å². The van der Waals surface area contributed by atoms with Crippen LogP contribution in [0.4, 0.5) is 0 Å². The Morgan fingerprint density at radius 1 is 0.375 bits per heavy atom. The summed E-state index contributed by atoms with van der Waals surface area (Å²) in [7, 11) is 0. The molecule has 0 bridgehead atoms. The maximum absolute atomic E-state index is 6.25. The number of para-hydroxylation sites is 2. The lowest BCUT2D eigenvalue weighted by molar-refractivity contribution is 0.669. The summed E-state index contributed by atoms with van der Waals surface area (Å²) in [5, 5.41) is 11.4. The second-order valence-electron chi connectivity index (χ2n) is 14.4. The maximum Gasteiger partial charge on any atom is 0.238 e. The molecule has 0 fully saturated rings. The highest BCUT2D eigenvalue weighted by atomic mass is 16.3.